The third-order valence-corrected chi connectivity index (χ3v) is 3.18. The summed E-state index contributed by atoms with van der Waals surface area (Å²) in [6, 6.07) is 0. The molecular weight excluding hydrogens is 272 g/mol. The zero-order valence-corrected chi connectivity index (χ0v) is 12.0. The molecule has 0 bridgehead atoms. The Hall–Kier alpha value is -2.26. The molecule has 2 atom stereocenters. The minimum atomic E-state index is 0.122. The Kier molecular flexibility index (Phi) is 3.67. The molecule has 2 aromatic rings. The van der Waals surface area contributed by atoms with Crippen molar-refractivity contribution in [3.8, 4) is 5.95 Å². The van der Waals surface area contributed by atoms with Crippen LogP contribution in [0.1, 0.15) is 13.8 Å². The Morgan fingerprint density at radius 1 is 1.19 bits per heavy atom. The molecule has 3 rings (SSSR count). The van der Waals surface area contributed by atoms with Crippen LogP contribution in [0.4, 0.5) is 11.9 Å². The second-order valence-electron chi connectivity index (χ2n) is 5.04. The number of nitrogens with zero attached hydrogens (tertiary/aromatic N) is 6. The highest BCUT2D eigenvalue weighted by Crippen LogP contribution is 2.18. The Labute approximate surface area is 122 Å². The monoisotopic (exact) mass is 290 g/mol. The van der Waals surface area contributed by atoms with E-state index in [0.717, 1.165) is 13.1 Å². The normalized spacial score (nSPS) is 22.3. The zero-order chi connectivity index (χ0) is 14.8. The summed E-state index contributed by atoms with van der Waals surface area (Å²) in [7, 11) is 0. The molecule has 0 aliphatic carbocycles. The highest BCUT2D eigenvalue weighted by molar-refractivity contribution is 5.40. The van der Waals surface area contributed by atoms with Gasteiger partial charge in [-0.25, -0.2) is 10.8 Å². The lowest BCUT2D eigenvalue weighted by molar-refractivity contribution is -0.00572. The molecule has 3 heterocycles. The SMILES string of the molecule is CC1CN(c2nc(NN)nc(-n3ccnc3)n2)CC(C)O1. The lowest BCUT2D eigenvalue weighted by atomic mass is 10.2. The van der Waals surface area contributed by atoms with Crippen LogP contribution < -0.4 is 16.2 Å². The number of hydrogen-bond donors (Lipinski definition) is 2. The maximum Gasteiger partial charge on any atom is 0.243 e. The molecule has 0 spiro atoms. The van der Waals surface area contributed by atoms with E-state index in [9.17, 15) is 0 Å². The third kappa shape index (κ3) is 2.93. The molecule has 1 fully saturated rings. The first-order chi connectivity index (χ1) is 10.2. The average molecular weight is 290 g/mol. The molecule has 1 saturated heterocycles. The summed E-state index contributed by atoms with van der Waals surface area (Å²) in [5.74, 6) is 6.81. The molecule has 0 radical (unpaired) electrons. The molecule has 2 aromatic heterocycles. The Morgan fingerprint density at radius 3 is 2.52 bits per heavy atom. The number of hydrogen-bond acceptors (Lipinski definition) is 8. The largest absolute Gasteiger partial charge is 0.372 e. The lowest BCUT2D eigenvalue weighted by Gasteiger charge is -2.35. The van der Waals surface area contributed by atoms with Crippen molar-refractivity contribution in [2.45, 2.75) is 26.1 Å². The van der Waals surface area contributed by atoms with E-state index in [-0.39, 0.29) is 12.2 Å². The first kappa shape index (κ1) is 13.7. The van der Waals surface area contributed by atoms with Gasteiger partial charge < -0.3 is 9.64 Å². The van der Waals surface area contributed by atoms with E-state index in [1.54, 1.807) is 23.3 Å². The van der Waals surface area contributed by atoms with Crippen LogP contribution in [0.15, 0.2) is 18.7 Å². The van der Waals surface area contributed by atoms with E-state index in [1.807, 2.05) is 13.8 Å². The van der Waals surface area contributed by atoms with Crippen LogP contribution in [-0.2, 0) is 4.74 Å². The van der Waals surface area contributed by atoms with Crippen LogP contribution >= 0.6 is 0 Å². The van der Waals surface area contributed by atoms with Crippen LogP contribution in [0.25, 0.3) is 5.95 Å². The van der Waals surface area contributed by atoms with Crippen molar-refractivity contribution in [3.05, 3.63) is 18.7 Å². The summed E-state index contributed by atoms with van der Waals surface area (Å²) in [6.45, 7) is 5.51. The summed E-state index contributed by atoms with van der Waals surface area (Å²) in [6.07, 6.45) is 5.30. The molecule has 0 saturated carbocycles. The zero-order valence-electron chi connectivity index (χ0n) is 12.0. The van der Waals surface area contributed by atoms with Crippen molar-refractivity contribution < 1.29 is 4.74 Å². The van der Waals surface area contributed by atoms with Gasteiger partial charge in [0.1, 0.15) is 6.33 Å². The van der Waals surface area contributed by atoms with Crippen molar-refractivity contribution >= 4 is 11.9 Å². The molecule has 1 aliphatic rings. The maximum absolute atomic E-state index is 5.73. The van der Waals surface area contributed by atoms with E-state index >= 15 is 0 Å². The summed E-state index contributed by atoms with van der Waals surface area (Å²) < 4.78 is 7.44. The molecule has 0 amide bonds. The number of imidazole rings is 1. The summed E-state index contributed by atoms with van der Waals surface area (Å²) in [5.41, 5.74) is 2.48. The lowest BCUT2D eigenvalue weighted by Crippen LogP contribution is -2.46. The number of ether oxygens (including phenoxy) is 1. The van der Waals surface area contributed by atoms with Gasteiger partial charge in [-0.05, 0) is 13.8 Å². The molecule has 9 nitrogen and oxygen atoms in total. The fraction of sp³-hybridized carbons (Fsp3) is 0.500. The molecule has 3 N–H and O–H groups in total. The van der Waals surface area contributed by atoms with Gasteiger partial charge in [-0.2, -0.15) is 15.0 Å². The number of hydrazine groups is 1. The number of aromatic nitrogens is 5. The van der Waals surface area contributed by atoms with Crippen molar-refractivity contribution in [1.29, 1.82) is 0 Å². The molecule has 21 heavy (non-hydrogen) atoms. The topological polar surface area (TPSA) is 107 Å². The molecule has 9 heteroatoms. The van der Waals surface area contributed by atoms with Crippen LogP contribution in [0.2, 0.25) is 0 Å². The van der Waals surface area contributed by atoms with E-state index in [0.29, 0.717) is 17.8 Å². The van der Waals surface area contributed by atoms with Gasteiger partial charge in [0.2, 0.25) is 17.8 Å². The Balaban J connectivity index is 1.96. The van der Waals surface area contributed by atoms with Crippen LogP contribution in [0.5, 0.6) is 0 Å². The predicted molar refractivity (Wildman–Crippen MR) is 77.0 cm³/mol. The van der Waals surface area contributed by atoms with Crippen molar-refractivity contribution in [2.24, 2.45) is 5.84 Å². The highest BCUT2D eigenvalue weighted by atomic mass is 16.5. The number of rotatable bonds is 3. The van der Waals surface area contributed by atoms with Crippen molar-refractivity contribution in [1.82, 2.24) is 24.5 Å². The first-order valence-electron chi connectivity index (χ1n) is 6.77. The number of nitrogens with two attached hydrogens (primary N) is 1. The second-order valence-corrected chi connectivity index (χ2v) is 5.04. The van der Waals surface area contributed by atoms with Crippen molar-refractivity contribution in [3.63, 3.8) is 0 Å². The summed E-state index contributed by atoms with van der Waals surface area (Å²) in [5, 5.41) is 0. The van der Waals surface area contributed by atoms with E-state index < -0.39 is 0 Å². The van der Waals surface area contributed by atoms with Gasteiger partial charge in [0.05, 0.1) is 12.2 Å². The Bertz CT molecular complexity index is 591. The smallest absolute Gasteiger partial charge is 0.243 e. The number of morpholine rings is 1. The van der Waals surface area contributed by atoms with Gasteiger partial charge in [-0.3, -0.25) is 9.99 Å². The number of nitrogen functional groups attached to an aromatic ring is 1. The van der Waals surface area contributed by atoms with Gasteiger partial charge >= 0.3 is 0 Å². The van der Waals surface area contributed by atoms with Crippen LogP contribution in [0.3, 0.4) is 0 Å². The van der Waals surface area contributed by atoms with Gasteiger partial charge in [-0.1, -0.05) is 0 Å². The van der Waals surface area contributed by atoms with E-state index in [1.165, 1.54) is 0 Å². The Morgan fingerprint density at radius 2 is 1.90 bits per heavy atom. The van der Waals surface area contributed by atoms with Crippen molar-refractivity contribution in [2.75, 3.05) is 23.4 Å². The number of anilines is 2. The summed E-state index contributed by atoms with van der Waals surface area (Å²) in [4.78, 5) is 19.1. The number of nitrogens with one attached hydrogen (secondary N) is 1. The summed E-state index contributed by atoms with van der Waals surface area (Å²) >= 11 is 0. The first-order valence-corrected chi connectivity index (χ1v) is 6.77. The van der Waals surface area contributed by atoms with Gasteiger partial charge in [0, 0.05) is 25.5 Å². The van der Waals surface area contributed by atoms with E-state index in [2.05, 4.69) is 30.3 Å². The molecule has 0 aromatic carbocycles. The van der Waals surface area contributed by atoms with Gasteiger partial charge in [0.15, 0.2) is 0 Å². The van der Waals surface area contributed by atoms with Crippen LogP contribution in [0, 0.1) is 0 Å². The fourth-order valence-electron chi connectivity index (χ4n) is 2.39. The van der Waals surface area contributed by atoms with Gasteiger partial charge in [-0.15, -0.1) is 0 Å². The van der Waals surface area contributed by atoms with Gasteiger partial charge in [0.25, 0.3) is 0 Å². The third-order valence-electron chi connectivity index (χ3n) is 3.18. The average Bonchev–Trinajstić information content (AvgIpc) is 3.00. The van der Waals surface area contributed by atoms with Crippen LogP contribution in [-0.4, -0.2) is 49.8 Å². The maximum atomic E-state index is 5.73. The predicted octanol–water partition coefficient (Wildman–Crippen LogP) is -0.0435. The standard InChI is InChI=1S/C12H18N8O/c1-8-5-20(6-9(2)21-8)12-16-10(18-13)15-11(17-12)19-4-3-14-7-19/h3-4,7-9H,5-6,13H2,1-2H3,(H,15,16,17,18). The molecule has 112 valence electrons. The minimum Gasteiger partial charge on any atom is -0.372 e. The minimum absolute atomic E-state index is 0.122. The highest BCUT2D eigenvalue weighted by Gasteiger charge is 2.25. The van der Waals surface area contributed by atoms with E-state index in [4.69, 9.17) is 10.6 Å². The second kappa shape index (κ2) is 5.62. The fourth-order valence-corrected chi connectivity index (χ4v) is 2.39. The molecule has 1 aliphatic heterocycles. The molecular formula is C12H18N8O. The quantitative estimate of drug-likeness (QED) is 0.599. The molecule has 2 unspecified atom stereocenters.